The van der Waals surface area contributed by atoms with Gasteiger partial charge in [0.15, 0.2) is 5.69 Å². The van der Waals surface area contributed by atoms with Gasteiger partial charge in [-0.2, -0.15) is 9.78 Å². The van der Waals surface area contributed by atoms with E-state index in [1.807, 2.05) is 4.90 Å². The molecule has 1 saturated heterocycles. The van der Waals surface area contributed by atoms with E-state index in [9.17, 15) is 14.0 Å². The van der Waals surface area contributed by atoms with Crippen molar-refractivity contribution in [2.45, 2.75) is 32.6 Å². The number of anilines is 1. The molecular weight excluding hydrogens is 337 g/mol. The maximum atomic E-state index is 13.2. The lowest BCUT2D eigenvalue weighted by atomic mass is 10.2. The minimum absolute atomic E-state index is 0.109. The van der Waals surface area contributed by atoms with Crippen molar-refractivity contribution in [2.75, 3.05) is 24.6 Å². The largest absolute Gasteiger partial charge is 0.461 e. The molecule has 0 saturated carbocycles. The predicted molar refractivity (Wildman–Crippen MR) is 96.4 cm³/mol. The molecule has 26 heavy (non-hydrogen) atoms. The van der Waals surface area contributed by atoms with Crippen LogP contribution in [-0.4, -0.2) is 35.4 Å². The first-order valence-electron chi connectivity index (χ1n) is 8.92. The quantitative estimate of drug-likeness (QED) is 0.786. The molecule has 1 aliphatic heterocycles. The zero-order chi connectivity index (χ0) is 18.5. The smallest absolute Gasteiger partial charge is 0.360 e. The number of aromatic nitrogens is 2. The molecule has 0 N–H and O–H groups in total. The number of ether oxygens (including phenoxy) is 1. The fourth-order valence-electron chi connectivity index (χ4n) is 3.11. The van der Waals surface area contributed by atoms with Gasteiger partial charge in [0.25, 0.3) is 5.56 Å². The number of carbonyl (C=O) groups excluding carboxylic acids is 1. The number of nitrogens with zero attached hydrogens (tertiary/aromatic N) is 3. The van der Waals surface area contributed by atoms with Gasteiger partial charge in [-0.25, -0.2) is 9.18 Å². The predicted octanol–water partition coefficient (Wildman–Crippen LogP) is 2.93. The van der Waals surface area contributed by atoms with Gasteiger partial charge >= 0.3 is 5.97 Å². The SMILES string of the molecule is CCOC(=O)c1nn(-c2ccc(F)cc2)c(=O)cc1N1CCCCCC1. The first-order chi connectivity index (χ1) is 12.6. The van der Waals surface area contributed by atoms with Crippen LogP contribution in [-0.2, 0) is 4.74 Å². The molecule has 2 aromatic rings. The number of benzene rings is 1. The fraction of sp³-hybridized carbons (Fsp3) is 0.421. The Balaban J connectivity index is 2.08. The average Bonchev–Trinajstić information content (AvgIpc) is 2.92. The molecule has 0 spiro atoms. The molecule has 1 aromatic carbocycles. The van der Waals surface area contributed by atoms with Crippen LogP contribution in [0, 0.1) is 5.82 Å². The van der Waals surface area contributed by atoms with Crippen LogP contribution in [0.1, 0.15) is 43.1 Å². The summed E-state index contributed by atoms with van der Waals surface area (Å²) in [6.07, 6.45) is 4.27. The first kappa shape index (κ1) is 18.1. The second-order valence-electron chi connectivity index (χ2n) is 6.23. The number of hydrogen-bond acceptors (Lipinski definition) is 5. The van der Waals surface area contributed by atoms with Crippen molar-refractivity contribution in [3.8, 4) is 5.69 Å². The second-order valence-corrected chi connectivity index (χ2v) is 6.23. The van der Waals surface area contributed by atoms with Crippen molar-refractivity contribution in [2.24, 2.45) is 0 Å². The lowest BCUT2D eigenvalue weighted by Gasteiger charge is -2.24. The van der Waals surface area contributed by atoms with Gasteiger partial charge in [0.2, 0.25) is 0 Å². The summed E-state index contributed by atoms with van der Waals surface area (Å²) in [6.45, 7) is 3.48. The topological polar surface area (TPSA) is 64.4 Å². The molecule has 2 heterocycles. The van der Waals surface area contributed by atoms with Crippen LogP contribution in [0.4, 0.5) is 10.1 Å². The number of halogens is 1. The van der Waals surface area contributed by atoms with Gasteiger partial charge in [0, 0.05) is 19.2 Å². The van der Waals surface area contributed by atoms with Gasteiger partial charge in [-0.05, 0) is 44.0 Å². The third kappa shape index (κ3) is 3.92. The minimum Gasteiger partial charge on any atom is -0.461 e. The molecule has 0 atom stereocenters. The van der Waals surface area contributed by atoms with Crippen LogP contribution in [0.25, 0.3) is 5.69 Å². The van der Waals surface area contributed by atoms with Gasteiger partial charge in [-0.3, -0.25) is 4.79 Å². The molecule has 6 nitrogen and oxygen atoms in total. The summed E-state index contributed by atoms with van der Waals surface area (Å²) < 4.78 is 19.4. The van der Waals surface area contributed by atoms with E-state index in [1.54, 1.807) is 6.92 Å². The van der Waals surface area contributed by atoms with E-state index >= 15 is 0 Å². The van der Waals surface area contributed by atoms with Gasteiger partial charge < -0.3 is 9.64 Å². The Bertz CT molecular complexity index is 825. The summed E-state index contributed by atoms with van der Waals surface area (Å²) in [5.41, 5.74) is 0.639. The van der Waals surface area contributed by atoms with E-state index < -0.39 is 11.8 Å². The first-order valence-corrected chi connectivity index (χ1v) is 8.92. The summed E-state index contributed by atoms with van der Waals surface area (Å²) in [7, 11) is 0. The molecule has 1 fully saturated rings. The molecular formula is C19H22FN3O3. The maximum Gasteiger partial charge on any atom is 0.360 e. The van der Waals surface area contributed by atoms with Gasteiger partial charge in [0.05, 0.1) is 18.0 Å². The van der Waals surface area contributed by atoms with Crippen LogP contribution in [0.2, 0.25) is 0 Å². The number of rotatable bonds is 4. The van der Waals surface area contributed by atoms with E-state index in [0.717, 1.165) is 43.5 Å². The Morgan fingerprint density at radius 1 is 1.15 bits per heavy atom. The zero-order valence-electron chi connectivity index (χ0n) is 14.8. The highest BCUT2D eigenvalue weighted by Crippen LogP contribution is 2.22. The van der Waals surface area contributed by atoms with E-state index in [4.69, 9.17) is 4.74 Å². The summed E-state index contributed by atoms with van der Waals surface area (Å²) in [4.78, 5) is 27.1. The number of esters is 1. The van der Waals surface area contributed by atoms with Crippen LogP contribution in [0.3, 0.4) is 0 Å². The van der Waals surface area contributed by atoms with Crippen molar-refractivity contribution < 1.29 is 13.9 Å². The monoisotopic (exact) mass is 359 g/mol. The highest BCUT2D eigenvalue weighted by Gasteiger charge is 2.23. The summed E-state index contributed by atoms with van der Waals surface area (Å²) >= 11 is 0. The molecule has 0 aliphatic carbocycles. The van der Waals surface area contributed by atoms with E-state index in [1.165, 1.54) is 30.3 Å². The number of hydrogen-bond donors (Lipinski definition) is 0. The van der Waals surface area contributed by atoms with Crippen molar-refractivity contribution in [1.82, 2.24) is 9.78 Å². The van der Waals surface area contributed by atoms with E-state index in [-0.39, 0.29) is 17.9 Å². The van der Waals surface area contributed by atoms with Crippen LogP contribution >= 0.6 is 0 Å². The Morgan fingerprint density at radius 2 is 1.81 bits per heavy atom. The second kappa shape index (κ2) is 8.12. The van der Waals surface area contributed by atoms with Crippen molar-refractivity contribution in [3.63, 3.8) is 0 Å². The Hall–Kier alpha value is -2.70. The number of carbonyl (C=O) groups is 1. The Kier molecular flexibility index (Phi) is 5.65. The normalized spacial score (nSPS) is 14.8. The van der Waals surface area contributed by atoms with E-state index in [2.05, 4.69) is 5.10 Å². The third-order valence-electron chi connectivity index (χ3n) is 4.40. The van der Waals surface area contributed by atoms with Gasteiger partial charge in [-0.15, -0.1) is 0 Å². The van der Waals surface area contributed by atoms with E-state index in [0.29, 0.717) is 11.4 Å². The Labute approximate surface area is 151 Å². The molecule has 0 bridgehead atoms. The van der Waals surface area contributed by atoms with Crippen LogP contribution in [0.5, 0.6) is 0 Å². The van der Waals surface area contributed by atoms with Crippen molar-refractivity contribution in [3.05, 3.63) is 52.2 Å². The molecule has 138 valence electrons. The fourth-order valence-corrected chi connectivity index (χ4v) is 3.11. The molecule has 1 aromatic heterocycles. The zero-order valence-corrected chi connectivity index (χ0v) is 14.8. The summed E-state index contributed by atoms with van der Waals surface area (Å²) in [5.74, 6) is -0.976. The molecule has 0 radical (unpaired) electrons. The van der Waals surface area contributed by atoms with Gasteiger partial charge in [0.1, 0.15) is 5.82 Å². The van der Waals surface area contributed by atoms with Crippen LogP contribution < -0.4 is 10.5 Å². The Morgan fingerprint density at radius 3 is 2.42 bits per heavy atom. The lowest BCUT2D eigenvalue weighted by Crippen LogP contribution is -2.32. The molecule has 0 amide bonds. The highest BCUT2D eigenvalue weighted by atomic mass is 19.1. The lowest BCUT2D eigenvalue weighted by molar-refractivity contribution is 0.0518. The van der Waals surface area contributed by atoms with Crippen LogP contribution in [0.15, 0.2) is 35.1 Å². The molecule has 7 heteroatoms. The van der Waals surface area contributed by atoms with Gasteiger partial charge in [-0.1, -0.05) is 12.8 Å². The average molecular weight is 359 g/mol. The van der Waals surface area contributed by atoms with Crippen molar-refractivity contribution >= 4 is 11.7 Å². The third-order valence-corrected chi connectivity index (χ3v) is 4.40. The van der Waals surface area contributed by atoms with Crippen molar-refractivity contribution in [1.29, 1.82) is 0 Å². The summed E-state index contributed by atoms with van der Waals surface area (Å²) in [6, 6.07) is 6.81. The minimum atomic E-state index is -0.567. The standard InChI is InChI=1S/C19H22FN3O3/c1-2-26-19(25)18-16(22-11-5-3-4-6-12-22)13-17(24)23(21-18)15-9-7-14(20)8-10-15/h7-10,13H,2-6,11-12H2,1H3. The molecule has 1 aliphatic rings. The maximum absolute atomic E-state index is 13.2. The molecule has 0 unspecified atom stereocenters. The molecule has 3 rings (SSSR count). The summed E-state index contributed by atoms with van der Waals surface area (Å²) in [5, 5.41) is 4.26. The highest BCUT2D eigenvalue weighted by molar-refractivity contribution is 5.93.